The van der Waals surface area contributed by atoms with Crippen LogP contribution in [0.3, 0.4) is 0 Å². The molecule has 13 heteroatoms. The third-order valence-corrected chi connectivity index (χ3v) is 8.14. The SMILES string of the molecule is C=CC(=O)Nc1ccccc1Nc1nc(Nc2ccc(N3CCN(C)CC3)cc2)ncc1C(=O)Nc1c(C)c(OC)cc(OC)c1Cl. The Morgan fingerprint density at radius 3 is 2.28 bits per heavy atom. The Hall–Kier alpha value is -5.33. The predicted molar refractivity (Wildman–Crippen MR) is 187 cm³/mol. The number of benzene rings is 3. The zero-order valence-corrected chi connectivity index (χ0v) is 27.4. The van der Waals surface area contributed by atoms with E-state index >= 15 is 0 Å². The standard InChI is InChI=1S/C34H37ClN8O4/c1-6-29(44)38-25-9-7-8-10-26(25)39-32-24(33(45)40-31-21(2)27(46-4)19-28(47-5)30(31)35)20-36-34(41-32)37-22-11-13-23(14-12-22)43-17-15-42(3)16-18-43/h6-14,19-20H,1,15-18H2,2-5H3,(H,38,44)(H,40,45)(H2,36,37,39,41). The van der Waals surface area contributed by atoms with E-state index in [9.17, 15) is 9.59 Å². The highest BCUT2D eigenvalue weighted by Crippen LogP contribution is 2.41. The fourth-order valence-electron chi connectivity index (χ4n) is 5.06. The summed E-state index contributed by atoms with van der Waals surface area (Å²) in [4.78, 5) is 39.8. The molecule has 0 aliphatic carbocycles. The zero-order chi connectivity index (χ0) is 33.5. The number of carbonyl (C=O) groups excluding carboxylic acids is 2. The van der Waals surface area contributed by atoms with Gasteiger partial charge in [-0.15, -0.1) is 0 Å². The van der Waals surface area contributed by atoms with Crippen molar-refractivity contribution in [3.8, 4) is 11.5 Å². The van der Waals surface area contributed by atoms with Gasteiger partial charge in [-0.3, -0.25) is 9.59 Å². The second-order valence-electron chi connectivity index (χ2n) is 10.8. The first-order chi connectivity index (χ1) is 22.7. The Morgan fingerprint density at radius 2 is 1.62 bits per heavy atom. The van der Waals surface area contributed by atoms with E-state index in [4.69, 9.17) is 21.1 Å². The molecule has 3 aromatic carbocycles. The molecular formula is C34H37ClN8O4. The second kappa shape index (κ2) is 14.8. The first-order valence-electron chi connectivity index (χ1n) is 14.9. The van der Waals surface area contributed by atoms with Gasteiger partial charge >= 0.3 is 0 Å². The van der Waals surface area contributed by atoms with Gasteiger partial charge in [-0.25, -0.2) is 4.98 Å². The molecule has 1 aliphatic heterocycles. The van der Waals surface area contributed by atoms with Gasteiger partial charge in [0, 0.05) is 55.4 Å². The minimum atomic E-state index is -0.538. The van der Waals surface area contributed by atoms with Crippen LogP contribution >= 0.6 is 11.6 Å². The number of hydrogen-bond acceptors (Lipinski definition) is 10. The molecule has 2 heterocycles. The number of amides is 2. The Kier molecular flexibility index (Phi) is 10.4. The highest BCUT2D eigenvalue weighted by molar-refractivity contribution is 6.35. The van der Waals surface area contributed by atoms with E-state index in [2.05, 4.69) is 66.8 Å². The number of aromatic nitrogens is 2. The van der Waals surface area contributed by atoms with Crippen LogP contribution in [0.5, 0.6) is 11.5 Å². The lowest BCUT2D eigenvalue weighted by molar-refractivity contribution is -0.111. The number of piperazine rings is 1. The Bertz CT molecular complexity index is 1750. The molecule has 0 spiro atoms. The number of para-hydroxylation sites is 2. The molecule has 0 bridgehead atoms. The van der Waals surface area contributed by atoms with E-state index in [0.29, 0.717) is 34.1 Å². The maximum absolute atomic E-state index is 13.8. The molecular weight excluding hydrogens is 620 g/mol. The van der Waals surface area contributed by atoms with Gasteiger partial charge in [0.2, 0.25) is 11.9 Å². The molecule has 0 atom stereocenters. The van der Waals surface area contributed by atoms with E-state index in [1.807, 2.05) is 12.1 Å². The van der Waals surface area contributed by atoms with Gasteiger partial charge in [0.15, 0.2) is 0 Å². The number of methoxy groups -OCH3 is 2. The first kappa shape index (κ1) is 33.0. The highest BCUT2D eigenvalue weighted by Gasteiger charge is 2.22. The average Bonchev–Trinajstić information content (AvgIpc) is 3.08. The maximum Gasteiger partial charge on any atom is 0.261 e. The number of halogens is 1. The van der Waals surface area contributed by atoms with Crippen molar-refractivity contribution in [1.29, 1.82) is 0 Å². The molecule has 1 fully saturated rings. The molecule has 2 amide bonds. The molecule has 0 radical (unpaired) electrons. The van der Waals surface area contributed by atoms with Crippen LogP contribution in [0.15, 0.2) is 73.4 Å². The van der Waals surface area contributed by atoms with Crippen LogP contribution in [-0.2, 0) is 4.79 Å². The number of carbonyl (C=O) groups is 2. The summed E-state index contributed by atoms with van der Waals surface area (Å²) in [7, 11) is 5.13. The number of nitrogens with zero attached hydrogens (tertiary/aromatic N) is 4. The summed E-state index contributed by atoms with van der Waals surface area (Å²) in [6.07, 6.45) is 2.59. The molecule has 5 rings (SSSR count). The Labute approximate surface area is 278 Å². The van der Waals surface area contributed by atoms with Crippen molar-refractivity contribution >= 4 is 63.6 Å². The molecule has 12 nitrogen and oxygen atoms in total. The highest BCUT2D eigenvalue weighted by atomic mass is 35.5. The zero-order valence-electron chi connectivity index (χ0n) is 26.7. The lowest BCUT2D eigenvalue weighted by Crippen LogP contribution is -2.44. The number of likely N-dealkylation sites (N-methyl/N-ethyl adjacent to an activating group) is 1. The average molecular weight is 657 g/mol. The van der Waals surface area contributed by atoms with Crippen molar-refractivity contribution in [3.63, 3.8) is 0 Å². The molecule has 4 aromatic rings. The van der Waals surface area contributed by atoms with Gasteiger partial charge in [-0.1, -0.05) is 30.3 Å². The summed E-state index contributed by atoms with van der Waals surface area (Å²) in [6.45, 7) is 9.26. The largest absolute Gasteiger partial charge is 0.496 e. The van der Waals surface area contributed by atoms with Crippen LogP contribution in [-0.4, -0.2) is 74.1 Å². The maximum atomic E-state index is 13.8. The monoisotopic (exact) mass is 656 g/mol. The van der Waals surface area contributed by atoms with Crippen LogP contribution in [0, 0.1) is 6.92 Å². The van der Waals surface area contributed by atoms with E-state index in [1.54, 1.807) is 37.3 Å². The Morgan fingerprint density at radius 1 is 0.936 bits per heavy atom. The topological polar surface area (TPSA) is 133 Å². The van der Waals surface area contributed by atoms with Crippen molar-refractivity contribution in [2.24, 2.45) is 0 Å². The van der Waals surface area contributed by atoms with Gasteiger partial charge in [0.1, 0.15) is 27.9 Å². The number of hydrogen-bond donors (Lipinski definition) is 4. The molecule has 4 N–H and O–H groups in total. The third kappa shape index (κ3) is 7.74. The number of anilines is 7. The fourth-order valence-corrected chi connectivity index (χ4v) is 5.38. The van der Waals surface area contributed by atoms with Crippen molar-refractivity contribution in [3.05, 3.63) is 89.6 Å². The van der Waals surface area contributed by atoms with Gasteiger partial charge in [-0.05, 0) is 56.4 Å². The third-order valence-electron chi connectivity index (χ3n) is 7.77. The van der Waals surface area contributed by atoms with E-state index in [1.165, 1.54) is 26.5 Å². The lowest BCUT2D eigenvalue weighted by atomic mass is 10.1. The molecule has 1 aromatic heterocycles. The molecule has 0 saturated carbocycles. The van der Waals surface area contributed by atoms with Crippen LogP contribution in [0.1, 0.15) is 15.9 Å². The van der Waals surface area contributed by atoms with Crippen molar-refractivity contribution in [1.82, 2.24) is 14.9 Å². The quantitative estimate of drug-likeness (QED) is 0.141. The van der Waals surface area contributed by atoms with Crippen molar-refractivity contribution in [2.45, 2.75) is 6.92 Å². The molecule has 244 valence electrons. The van der Waals surface area contributed by atoms with Crippen LogP contribution in [0.4, 0.5) is 40.2 Å². The fraction of sp³-hybridized carbons (Fsp3) is 0.235. The van der Waals surface area contributed by atoms with Gasteiger partial charge in [-0.2, -0.15) is 4.98 Å². The normalized spacial score (nSPS) is 13.0. The molecule has 1 aliphatic rings. The smallest absolute Gasteiger partial charge is 0.261 e. The second-order valence-corrected chi connectivity index (χ2v) is 11.2. The number of nitrogens with one attached hydrogen (secondary N) is 4. The van der Waals surface area contributed by atoms with Crippen LogP contribution < -0.4 is 35.6 Å². The molecule has 47 heavy (non-hydrogen) atoms. The van der Waals surface area contributed by atoms with Gasteiger partial charge in [0.05, 0.1) is 31.3 Å². The summed E-state index contributed by atoms with van der Waals surface area (Å²) in [5, 5.41) is 12.3. The number of rotatable bonds is 11. The lowest BCUT2D eigenvalue weighted by Gasteiger charge is -2.34. The summed E-state index contributed by atoms with van der Waals surface area (Å²) in [6, 6.07) is 16.7. The van der Waals surface area contributed by atoms with Crippen LogP contribution in [0.2, 0.25) is 5.02 Å². The van der Waals surface area contributed by atoms with Crippen molar-refractivity contribution in [2.75, 3.05) is 73.6 Å². The minimum absolute atomic E-state index is 0.114. The summed E-state index contributed by atoms with van der Waals surface area (Å²) in [5.74, 6) is 0.326. The number of ether oxygens (including phenoxy) is 2. The molecule has 0 unspecified atom stereocenters. The minimum Gasteiger partial charge on any atom is -0.496 e. The predicted octanol–water partition coefficient (Wildman–Crippen LogP) is 6.07. The van der Waals surface area contributed by atoms with Crippen molar-refractivity contribution < 1.29 is 19.1 Å². The first-order valence-corrected chi connectivity index (χ1v) is 15.3. The van der Waals surface area contributed by atoms with Crippen LogP contribution in [0.25, 0.3) is 0 Å². The summed E-state index contributed by atoms with van der Waals surface area (Å²) >= 11 is 6.60. The van der Waals surface area contributed by atoms with E-state index in [-0.39, 0.29) is 28.3 Å². The Balaban J connectivity index is 1.47. The summed E-state index contributed by atoms with van der Waals surface area (Å²) < 4.78 is 10.9. The van der Waals surface area contributed by atoms with Gasteiger partial charge in [0.25, 0.3) is 5.91 Å². The molecule has 1 saturated heterocycles. The van der Waals surface area contributed by atoms with Gasteiger partial charge < -0.3 is 40.5 Å². The van der Waals surface area contributed by atoms with E-state index < -0.39 is 5.91 Å². The summed E-state index contributed by atoms with van der Waals surface area (Å²) in [5.41, 5.74) is 3.92. The van der Waals surface area contributed by atoms with E-state index in [0.717, 1.165) is 37.6 Å².